The number of aromatic nitrogens is 1. The zero-order chi connectivity index (χ0) is 16.4. The van der Waals surface area contributed by atoms with Gasteiger partial charge in [-0.05, 0) is 31.3 Å². The summed E-state index contributed by atoms with van der Waals surface area (Å²) in [6.07, 6.45) is -0.444. The number of rotatable bonds is 4. The number of aliphatic hydroxyl groups excluding tert-OH is 1. The Morgan fingerprint density at radius 3 is 2.91 bits per heavy atom. The van der Waals surface area contributed by atoms with Crippen LogP contribution in [0.1, 0.15) is 12.6 Å². The lowest BCUT2D eigenvalue weighted by atomic mass is 10.1. The molecule has 1 aromatic carbocycles. The third kappa shape index (κ3) is 3.67. The Morgan fingerprint density at radius 2 is 2.22 bits per heavy atom. The zero-order valence-electron chi connectivity index (χ0n) is 13.3. The molecule has 0 radical (unpaired) electrons. The van der Waals surface area contributed by atoms with Gasteiger partial charge < -0.3 is 15.2 Å². The molecule has 3 rings (SSSR count). The van der Waals surface area contributed by atoms with Gasteiger partial charge in [0.25, 0.3) is 0 Å². The molecule has 1 amide bonds. The van der Waals surface area contributed by atoms with Gasteiger partial charge in [-0.2, -0.15) is 0 Å². The first-order valence-corrected chi connectivity index (χ1v) is 7.66. The van der Waals surface area contributed by atoms with Gasteiger partial charge in [0.15, 0.2) is 0 Å². The van der Waals surface area contributed by atoms with Crippen molar-refractivity contribution in [2.75, 3.05) is 25.6 Å². The van der Waals surface area contributed by atoms with Crippen LogP contribution in [-0.4, -0.2) is 53.3 Å². The van der Waals surface area contributed by atoms with Crippen LogP contribution >= 0.6 is 0 Å². The van der Waals surface area contributed by atoms with E-state index in [0.717, 1.165) is 22.3 Å². The minimum Gasteiger partial charge on any atom is -0.389 e. The van der Waals surface area contributed by atoms with Crippen LogP contribution in [0.2, 0.25) is 0 Å². The van der Waals surface area contributed by atoms with Crippen molar-refractivity contribution in [3.63, 3.8) is 0 Å². The Morgan fingerprint density at radius 1 is 1.39 bits per heavy atom. The first kappa shape index (κ1) is 15.9. The van der Waals surface area contributed by atoms with Gasteiger partial charge in [-0.25, -0.2) is 0 Å². The molecule has 0 spiro atoms. The molecule has 2 N–H and O–H groups in total. The summed E-state index contributed by atoms with van der Waals surface area (Å²) in [5, 5.41) is 13.6. The minimum absolute atomic E-state index is 0.00893. The maximum Gasteiger partial charge on any atom is 0.221 e. The molecule has 1 fully saturated rings. The highest BCUT2D eigenvalue weighted by Gasteiger charge is 2.29. The Bertz CT molecular complexity index is 719. The van der Waals surface area contributed by atoms with Gasteiger partial charge >= 0.3 is 0 Å². The minimum atomic E-state index is -0.444. The highest BCUT2D eigenvalue weighted by molar-refractivity contribution is 5.92. The van der Waals surface area contributed by atoms with E-state index in [4.69, 9.17) is 4.74 Å². The van der Waals surface area contributed by atoms with Gasteiger partial charge in [0.05, 0.1) is 36.6 Å². The Balaban J connectivity index is 1.76. The van der Waals surface area contributed by atoms with Crippen molar-refractivity contribution in [1.82, 2.24) is 9.88 Å². The number of benzene rings is 1. The van der Waals surface area contributed by atoms with Crippen LogP contribution in [-0.2, 0) is 16.1 Å². The molecule has 122 valence electrons. The van der Waals surface area contributed by atoms with Crippen molar-refractivity contribution in [1.29, 1.82) is 0 Å². The number of amides is 1. The smallest absolute Gasteiger partial charge is 0.221 e. The van der Waals surface area contributed by atoms with E-state index in [0.29, 0.717) is 19.8 Å². The van der Waals surface area contributed by atoms with E-state index in [2.05, 4.69) is 15.2 Å². The zero-order valence-corrected chi connectivity index (χ0v) is 13.3. The lowest BCUT2D eigenvalue weighted by Gasteiger charge is -2.25. The number of carbonyl (C=O) groups excluding carboxylic acids is 1. The quantitative estimate of drug-likeness (QED) is 0.892. The molecule has 2 atom stereocenters. The molecule has 1 aromatic heterocycles. The summed E-state index contributed by atoms with van der Waals surface area (Å²) in [4.78, 5) is 17.8. The second kappa shape index (κ2) is 6.62. The van der Waals surface area contributed by atoms with E-state index in [1.54, 1.807) is 0 Å². The van der Waals surface area contributed by atoms with Crippen molar-refractivity contribution in [3.8, 4) is 0 Å². The lowest BCUT2D eigenvalue weighted by molar-refractivity contribution is -0.114. The van der Waals surface area contributed by atoms with Gasteiger partial charge in [-0.15, -0.1) is 0 Å². The van der Waals surface area contributed by atoms with E-state index >= 15 is 0 Å². The van der Waals surface area contributed by atoms with E-state index in [1.807, 2.05) is 37.4 Å². The van der Waals surface area contributed by atoms with E-state index in [1.165, 1.54) is 6.92 Å². The molecule has 1 aliphatic heterocycles. The molecule has 1 saturated heterocycles. The molecule has 1 aliphatic rings. The second-order valence-corrected chi connectivity index (χ2v) is 5.98. The molecule has 0 bridgehead atoms. The van der Waals surface area contributed by atoms with Gasteiger partial charge in [0, 0.05) is 24.5 Å². The van der Waals surface area contributed by atoms with Gasteiger partial charge in [0.1, 0.15) is 0 Å². The van der Waals surface area contributed by atoms with Crippen molar-refractivity contribution >= 4 is 22.5 Å². The number of ether oxygens (including phenoxy) is 1. The summed E-state index contributed by atoms with van der Waals surface area (Å²) >= 11 is 0. The number of pyridine rings is 1. The highest BCUT2D eigenvalue weighted by atomic mass is 16.5. The predicted molar refractivity (Wildman–Crippen MR) is 88.1 cm³/mol. The third-order valence-electron chi connectivity index (χ3n) is 4.07. The average Bonchev–Trinajstić information content (AvgIpc) is 2.93. The fourth-order valence-corrected chi connectivity index (χ4v) is 2.86. The molecule has 6 heteroatoms. The fraction of sp³-hybridized carbons (Fsp3) is 0.412. The number of anilines is 1. The van der Waals surface area contributed by atoms with E-state index in [-0.39, 0.29) is 11.9 Å². The summed E-state index contributed by atoms with van der Waals surface area (Å²) < 4.78 is 5.30. The largest absolute Gasteiger partial charge is 0.389 e. The maximum absolute atomic E-state index is 11.1. The first-order chi connectivity index (χ1) is 11.0. The number of carbonyl (C=O) groups is 1. The second-order valence-electron chi connectivity index (χ2n) is 5.98. The highest BCUT2D eigenvalue weighted by Crippen LogP contribution is 2.20. The van der Waals surface area contributed by atoms with Crippen molar-refractivity contribution in [3.05, 3.63) is 36.0 Å². The maximum atomic E-state index is 11.1. The normalized spacial score (nSPS) is 21.0. The lowest BCUT2D eigenvalue weighted by Crippen LogP contribution is -2.40. The number of hydrogen-bond donors (Lipinski definition) is 2. The van der Waals surface area contributed by atoms with Crippen LogP contribution in [0.5, 0.6) is 0 Å². The Hall–Kier alpha value is -2.02. The van der Waals surface area contributed by atoms with Crippen LogP contribution in [0.15, 0.2) is 30.3 Å². The molecule has 2 heterocycles. The summed E-state index contributed by atoms with van der Waals surface area (Å²) in [5.41, 5.74) is 2.59. The number of fused-ring (bicyclic) bond motifs is 1. The topological polar surface area (TPSA) is 74.7 Å². The van der Waals surface area contributed by atoms with E-state index < -0.39 is 6.10 Å². The predicted octanol–water partition coefficient (Wildman–Crippen LogP) is 1.38. The van der Waals surface area contributed by atoms with Gasteiger partial charge in [-0.3, -0.25) is 14.7 Å². The SMILES string of the molecule is CC(=O)Nc1ccc2nc(CN(C)[C@H]3COC[C@@H]3O)ccc2c1. The average molecular weight is 315 g/mol. The summed E-state index contributed by atoms with van der Waals surface area (Å²) in [6.45, 7) is 3.08. The molecular formula is C17H21N3O3. The van der Waals surface area contributed by atoms with Crippen LogP contribution in [0.4, 0.5) is 5.69 Å². The summed E-state index contributed by atoms with van der Waals surface area (Å²) in [5.74, 6) is -0.0899. The Labute approximate surface area is 135 Å². The Kier molecular flexibility index (Phi) is 4.56. The van der Waals surface area contributed by atoms with Crippen LogP contribution in [0.25, 0.3) is 10.9 Å². The summed E-state index contributed by atoms with van der Waals surface area (Å²) in [6, 6.07) is 9.63. The summed E-state index contributed by atoms with van der Waals surface area (Å²) in [7, 11) is 1.97. The fourth-order valence-electron chi connectivity index (χ4n) is 2.86. The van der Waals surface area contributed by atoms with Gasteiger partial charge in [-0.1, -0.05) is 6.07 Å². The van der Waals surface area contributed by atoms with Crippen molar-refractivity contribution in [2.45, 2.75) is 25.6 Å². The first-order valence-electron chi connectivity index (χ1n) is 7.66. The molecule has 0 unspecified atom stereocenters. The van der Waals surface area contributed by atoms with Crippen LogP contribution in [0, 0.1) is 0 Å². The molecular weight excluding hydrogens is 294 g/mol. The monoisotopic (exact) mass is 315 g/mol. The van der Waals surface area contributed by atoms with Crippen molar-refractivity contribution < 1.29 is 14.6 Å². The third-order valence-corrected chi connectivity index (χ3v) is 4.07. The number of nitrogens with one attached hydrogen (secondary N) is 1. The number of nitrogens with zero attached hydrogens (tertiary/aromatic N) is 2. The van der Waals surface area contributed by atoms with E-state index in [9.17, 15) is 9.90 Å². The van der Waals surface area contributed by atoms with Gasteiger partial charge in [0.2, 0.25) is 5.91 Å². The molecule has 23 heavy (non-hydrogen) atoms. The number of likely N-dealkylation sites (N-methyl/N-ethyl adjacent to an activating group) is 1. The molecule has 0 aliphatic carbocycles. The van der Waals surface area contributed by atoms with Crippen LogP contribution < -0.4 is 5.32 Å². The van der Waals surface area contributed by atoms with Crippen molar-refractivity contribution in [2.24, 2.45) is 0 Å². The molecule has 6 nitrogen and oxygen atoms in total. The van der Waals surface area contributed by atoms with Crippen LogP contribution in [0.3, 0.4) is 0 Å². The number of hydrogen-bond acceptors (Lipinski definition) is 5. The number of aliphatic hydroxyl groups is 1. The standard InChI is InChI=1S/C17H21N3O3/c1-11(21)18-13-5-6-15-12(7-13)3-4-14(19-15)8-20(2)16-9-23-10-17(16)22/h3-7,16-17,22H,8-10H2,1-2H3,(H,18,21)/t16-,17-/m0/s1. The molecule has 0 saturated carbocycles. The molecule has 2 aromatic rings.